The number of carbonyl (C=O) groups excluding carboxylic acids is 1. The Morgan fingerprint density at radius 3 is 3.06 bits per heavy atom. The van der Waals surface area contributed by atoms with Gasteiger partial charge in [-0.3, -0.25) is 4.79 Å². The average Bonchev–Trinajstić information content (AvgIpc) is 2.32. The number of rotatable bonds is 3. The van der Waals surface area contributed by atoms with Crippen molar-refractivity contribution in [3.05, 3.63) is 23.6 Å². The van der Waals surface area contributed by atoms with E-state index in [0.717, 1.165) is 12.0 Å². The molecule has 0 bridgehead atoms. The first kappa shape index (κ1) is 12.8. The Labute approximate surface area is 106 Å². The first-order chi connectivity index (χ1) is 8.56. The third-order valence-corrected chi connectivity index (χ3v) is 3.12. The molecule has 2 rings (SSSR count). The molecule has 0 radical (unpaired) electrons. The molecule has 1 fully saturated rings. The lowest BCUT2D eigenvalue weighted by molar-refractivity contribution is -0.133. The second-order valence-corrected chi connectivity index (χ2v) is 4.79. The first-order valence-corrected chi connectivity index (χ1v) is 6.05. The van der Waals surface area contributed by atoms with E-state index in [1.165, 1.54) is 6.07 Å². The summed E-state index contributed by atoms with van der Waals surface area (Å²) in [5.41, 5.74) is 0.767. The van der Waals surface area contributed by atoms with Gasteiger partial charge in [0.1, 0.15) is 0 Å². The fourth-order valence-electron chi connectivity index (χ4n) is 2.06. The third-order valence-electron chi connectivity index (χ3n) is 3.12. The minimum absolute atomic E-state index is 0.0418. The molecule has 1 atom stereocenters. The number of amides is 1. The molecule has 4 nitrogen and oxygen atoms in total. The van der Waals surface area contributed by atoms with Crippen LogP contribution in [0.3, 0.4) is 0 Å². The zero-order valence-corrected chi connectivity index (χ0v) is 10.6. The summed E-state index contributed by atoms with van der Waals surface area (Å²) < 4.78 is 18.9. The van der Waals surface area contributed by atoms with Gasteiger partial charge >= 0.3 is 0 Å². The van der Waals surface area contributed by atoms with Gasteiger partial charge in [0, 0.05) is 32.1 Å². The Morgan fingerprint density at radius 2 is 2.39 bits per heavy atom. The lowest BCUT2D eigenvalue weighted by atomic mass is 9.99. The summed E-state index contributed by atoms with van der Waals surface area (Å²) in [6, 6.07) is 1.40. The summed E-state index contributed by atoms with van der Waals surface area (Å²) in [5.74, 6) is 0.0106. The number of halogens is 1. The summed E-state index contributed by atoms with van der Waals surface area (Å²) in [4.78, 5) is 16.9. The number of aryl methyl sites for hydroxylation is 1. The Kier molecular flexibility index (Phi) is 3.79. The van der Waals surface area contributed by atoms with Gasteiger partial charge in [-0.05, 0) is 25.0 Å². The van der Waals surface area contributed by atoms with Gasteiger partial charge in [0.15, 0.2) is 5.82 Å². The molecular weight excluding hydrogens is 235 g/mol. The van der Waals surface area contributed by atoms with E-state index < -0.39 is 5.82 Å². The fourth-order valence-corrected chi connectivity index (χ4v) is 2.06. The normalized spacial score (nSPS) is 20.1. The maximum Gasteiger partial charge on any atom is 0.250 e. The Balaban J connectivity index is 1.90. The molecule has 0 aromatic carbocycles. The number of hydrogen-bond acceptors (Lipinski definition) is 3. The van der Waals surface area contributed by atoms with E-state index in [-0.39, 0.29) is 17.7 Å². The topological polar surface area (TPSA) is 42.4 Å². The summed E-state index contributed by atoms with van der Waals surface area (Å²) in [6.45, 7) is 2.83. The zero-order chi connectivity index (χ0) is 13.1. The van der Waals surface area contributed by atoms with Crippen LogP contribution in [0.1, 0.15) is 18.4 Å². The molecule has 1 aromatic heterocycles. The standard InChI is InChI=1S/C13H17FN2O2/c1-9-5-11(14)13(15-6-9)18-8-10-3-4-12(17)16(2)7-10/h5-6,10H,3-4,7-8H2,1-2H3. The lowest BCUT2D eigenvalue weighted by Gasteiger charge is -2.29. The summed E-state index contributed by atoms with van der Waals surface area (Å²) in [7, 11) is 1.78. The number of likely N-dealkylation sites (tertiary alicyclic amines) is 1. The SMILES string of the molecule is Cc1cnc(OCC2CCC(=O)N(C)C2)c(F)c1. The van der Waals surface area contributed by atoms with Crippen molar-refractivity contribution in [2.24, 2.45) is 5.92 Å². The monoisotopic (exact) mass is 252 g/mol. The zero-order valence-electron chi connectivity index (χ0n) is 10.6. The van der Waals surface area contributed by atoms with E-state index >= 15 is 0 Å². The molecular formula is C13H17FN2O2. The molecule has 1 saturated heterocycles. The highest BCUT2D eigenvalue weighted by Gasteiger charge is 2.23. The van der Waals surface area contributed by atoms with Crippen LogP contribution < -0.4 is 4.74 Å². The van der Waals surface area contributed by atoms with Crippen molar-refractivity contribution in [1.29, 1.82) is 0 Å². The molecule has 0 aliphatic carbocycles. The highest BCUT2D eigenvalue weighted by molar-refractivity contribution is 5.76. The van der Waals surface area contributed by atoms with Crippen molar-refractivity contribution < 1.29 is 13.9 Å². The second-order valence-electron chi connectivity index (χ2n) is 4.79. The Hall–Kier alpha value is -1.65. The van der Waals surface area contributed by atoms with Crippen molar-refractivity contribution in [2.45, 2.75) is 19.8 Å². The van der Waals surface area contributed by atoms with Gasteiger partial charge in [0.25, 0.3) is 0 Å². The predicted molar refractivity (Wildman–Crippen MR) is 64.8 cm³/mol. The smallest absolute Gasteiger partial charge is 0.250 e. The van der Waals surface area contributed by atoms with Crippen LogP contribution in [0.5, 0.6) is 5.88 Å². The van der Waals surface area contributed by atoms with Crippen molar-refractivity contribution in [3.63, 3.8) is 0 Å². The molecule has 1 aromatic rings. The molecule has 0 saturated carbocycles. The number of piperidine rings is 1. The maximum atomic E-state index is 13.5. The number of aromatic nitrogens is 1. The van der Waals surface area contributed by atoms with Crippen LogP contribution in [-0.4, -0.2) is 36.0 Å². The van der Waals surface area contributed by atoms with Gasteiger partial charge in [-0.1, -0.05) is 0 Å². The van der Waals surface area contributed by atoms with Crippen LogP contribution in [0.15, 0.2) is 12.3 Å². The van der Waals surface area contributed by atoms with Crippen LogP contribution in [0.2, 0.25) is 0 Å². The average molecular weight is 252 g/mol. The third kappa shape index (κ3) is 2.97. The number of carbonyl (C=O) groups is 1. The van der Waals surface area contributed by atoms with Gasteiger partial charge in [0.2, 0.25) is 11.8 Å². The highest BCUT2D eigenvalue weighted by Crippen LogP contribution is 2.19. The van der Waals surface area contributed by atoms with Gasteiger partial charge in [-0.25, -0.2) is 9.37 Å². The van der Waals surface area contributed by atoms with Gasteiger partial charge in [-0.15, -0.1) is 0 Å². The molecule has 5 heteroatoms. The molecule has 0 N–H and O–H groups in total. The Bertz CT molecular complexity index is 451. The highest BCUT2D eigenvalue weighted by atomic mass is 19.1. The van der Waals surface area contributed by atoms with E-state index in [0.29, 0.717) is 19.6 Å². The second kappa shape index (κ2) is 5.33. The maximum absolute atomic E-state index is 13.5. The predicted octanol–water partition coefficient (Wildman–Crippen LogP) is 1.78. The van der Waals surface area contributed by atoms with Crippen LogP contribution in [0.4, 0.5) is 4.39 Å². The van der Waals surface area contributed by atoms with Crippen molar-refractivity contribution >= 4 is 5.91 Å². The van der Waals surface area contributed by atoms with E-state index in [1.807, 2.05) is 0 Å². The minimum atomic E-state index is -0.435. The molecule has 0 spiro atoms. The van der Waals surface area contributed by atoms with Crippen molar-refractivity contribution in [3.8, 4) is 5.88 Å². The molecule has 2 heterocycles. The van der Waals surface area contributed by atoms with Crippen LogP contribution >= 0.6 is 0 Å². The lowest BCUT2D eigenvalue weighted by Crippen LogP contribution is -2.39. The quantitative estimate of drug-likeness (QED) is 0.823. The van der Waals surface area contributed by atoms with Crippen LogP contribution in [-0.2, 0) is 4.79 Å². The molecule has 1 aliphatic heterocycles. The fraction of sp³-hybridized carbons (Fsp3) is 0.538. The Morgan fingerprint density at radius 1 is 1.61 bits per heavy atom. The molecule has 1 unspecified atom stereocenters. The van der Waals surface area contributed by atoms with Crippen molar-refractivity contribution in [1.82, 2.24) is 9.88 Å². The van der Waals surface area contributed by atoms with Gasteiger partial charge < -0.3 is 9.64 Å². The molecule has 1 amide bonds. The van der Waals surface area contributed by atoms with E-state index in [4.69, 9.17) is 4.74 Å². The summed E-state index contributed by atoms with van der Waals surface area (Å²) >= 11 is 0. The number of pyridine rings is 1. The van der Waals surface area contributed by atoms with E-state index in [1.54, 1.807) is 25.1 Å². The number of nitrogens with zero attached hydrogens (tertiary/aromatic N) is 2. The van der Waals surface area contributed by atoms with Crippen LogP contribution in [0, 0.1) is 18.7 Å². The first-order valence-electron chi connectivity index (χ1n) is 6.05. The minimum Gasteiger partial charge on any atom is -0.475 e. The van der Waals surface area contributed by atoms with Gasteiger partial charge in [-0.2, -0.15) is 0 Å². The molecule has 98 valence electrons. The van der Waals surface area contributed by atoms with E-state index in [2.05, 4.69) is 4.98 Å². The largest absolute Gasteiger partial charge is 0.475 e. The molecule has 18 heavy (non-hydrogen) atoms. The molecule has 1 aliphatic rings. The summed E-state index contributed by atoms with van der Waals surface area (Å²) in [5, 5.41) is 0. The van der Waals surface area contributed by atoms with Crippen LogP contribution in [0.25, 0.3) is 0 Å². The van der Waals surface area contributed by atoms with Gasteiger partial charge in [0.05, 0.1) is 6.61 Å². The summed E-state index contributed by atoms with van der Waals surface area (Å²) in [6.07, 6.45) is 2.90. The number of hydrogen-bond donors (Lipinski definition) is 0. The van der Waals surface area contributed by atoms with Crippen molar-refractivity contribution in [2.75, 3.05) is 20.2 Å². The number of ether oxygens (including phenoxy) is 1. The van der Waals surface area contributed by atoms with E-state index in [9.17, 15) is 9.18 Å².